The number of hydrogen-bond donors (Lipinski definition) is 1. The van der Waals surface area contributed by atoms with Crippen LogP contribution in [0.2, 0.25) is 0 Å². The number of hydrogen-bond acceptors (Lipinski definition) is 5. The van der Waals surface area contributed by atoms with E-state index in [0.717, 1.165) is 12.0 Å². The molecule has 1 aromatic rings. The summed E-state index contributed by atoms with van der Waals surface area (Å²) >= 11 is 0. The van der Waals surface area contributed by atoms with Crippen LogP contribution in [0.3, 0.4) is 0 Å². The lowest BCUT2D eigenvalue weighted by Crippen LogP contribution is -2.57. The van der Waals surface area contributed by atoms with Crippen LogP contribution in [0.5, 0.6) is 0 Å². The van der Waals surface area contributed by atoms with Gasteiger partial charge in [0.05, 0.1) is 24.2 Å². The lowest BCUT2D eigenvalue weighted by atomic mass is 9.80. The Hall–Kier alpha value is -2.50. The first-order valence-corrected chi connectivity index (χ1v) is 11.4. The summed E-state index contributed by atoms with van der Waals surface area (Å²) < 4.78 is 13.5. The van der Waals surface area contributed by atoms with Crippen LogP contribution < -0.4 is 5.73 Å². The molecule has 3 heterocycles. The normalized spacial score (nSPS) is 27.6. The molecular formula is C24H32FN5O2. The highest BCUT2D eigenvalue weighted by molar-refractivity contribution is 5.87. The zero-order chi connectivity index (χ0) is 23.2. The molecule has 0 unspecified atom stereocenters. The Balaban J connectivity index is 1.47. The number of nitrogens with zero attached hydrogens (tertiary/aromatic N) is 4. The Morgan fingerprint density at radius 2 is 2.00 bits per heavy atom. The second-order valence-corrected chi connectivity index (χ2v) is 10.4. The standard InChI is InChI=1S/C24H32FN5O2/c1-24(2,3)21(15-6-8-16(25)9-7-15)30-18-11-20(23(30)32)28(13-18)14-19(27)22(31)29-10-4-5-17(29)12-26/h6-9,17-21H,4-5,10-11,13-14,27H2,1-3H3/t17-,18+,19-,20+,21-/m0/s1. The van der Waals surface area contributed by atoms with E-state index in [1.165, 1.54) is 12.1 Å². The van der Waals surface area contributed by atoms with E-state index >= 15 is 0 Å². The van der Waals surface area contributed by atoms with Crippen LogP contribution in [-0.2, 0) is 9.59 Å². The Kier molecular flexibility index (Phi) is 5.99. The first kappa shape index (κ1) is 22.7. The molecule has 3 fully saturated rings. The topological polar surface area (TPSA) is 93.7 Å². The number of carbonyl (C=O) groups excluding carboxylic acids is 2. The number of amides is 2. The quantitative estimate of drug-likeness (QED) is 0.755. The summed E-state index contributed by atoms with van der Waals surface area (Å²) in [7, 11) is 0. The van der Waals surface area contributed by atoms with Gasteiger partial charge in [-0.2, -0.15) is 5.26 Å². The smallest absolute Gasteiger partial charge is 0.241 e. The van der Waals surface area contributed by atoms with Gasteiger partial charge in [0.15, 0.2) is 0 Å². The fourth-order valence-electron chi connectivity index (χ4n) is 5.66. The van der Waals surface area contributed by atoms with Crippen LogP contribution >= 0.6 is 0 Å². The molecule has 3 aliphatic rings. The van der Waals surface area contributed by atoms with Crippen LogP contribution in [-0.4, -0.2) is 70.3 Å². The first-order chi connectivity index (χ1) is 15.1. The minimum absolute atomic E-state index is 0.0303. The molecule has 0 saturated carbocycles. The summed E-state index contributed by atoms with van der Waals surface area (Å²) in [5.41, 5.74) is 6.94. The molecule has 0 radical (unpaired) electrons. The van der Waals surface area contributed by atoms with Gasteiger partial charge in [0.2, 0.25) is 11.8 Å². The maximum Gasteiger partial charge on any atom is 0.241 e. The van der Waals surface area contributed by atoms with E-state index in [2.05, 4.69) is 26.8 Å². The summed E-state index contributed by atoms with van der Waals surface area (Å²) in [4.78, 5) is 31.8. The summed E-state index contributed by atoms with van der Waals surface area (Å²) in [6, 6.07) is 7.01. The molecule has 0 aromatic heterocycles. The third-order valence-electron chi connectivity index (χ3n) is 7.03. The zero-order valence-corrected chi connectivity index (χ0v) is 19.0. The van der Waals surface area contributed by atoms with E-state index in [4.69, 9.17) is 5.73 Å². The second kappa shape index (κ2) is 8.45. The lowest BCUT2D eigenvalue weighted by molar-refractivity contribution is -0.143. The van der Waals surface area contributed by atoms with E-state index in [9.17, 15) is 19.2 Å². The van der Waals surface area contributed by atoms with Gasteiger partial charge in [-0.15, -0.1) is 0 Å². The van der Waals surface area contributed by atoms with E-state index in [1.807, 2.05) is 9.80 Å². The molecule has 0 aliphatic carbocycles. The number of likely N-dealkylation sites (tertiary alicyclic amines) is 3. The summed E-state index contributed by atoms with van der Waals surface area (Å²) in [5.74, 6) is -0.460. The Labute approximate surface area is 188 Å². The summed E-state index contributed by atoms with van der Waals surface area (Å²) in [5, 5.41) is 9.26. The number of rotatable bonds is 5. The second-order valence-electron chi connectivity index (χ2n) is 10.4. The van der Waals surface area contributed by atoms with Gasteiger partial charge in [0.1, 0.15) is 11.9 Å². The van der Waals surface area contributed by atoms with Crippen molar-refractivity contribution in [2.45, 2.75) is 70.2 Å². The minimum Gasteiger partial charge on any atom is -0.329 e. The number of piperazine rings is 1. The highest BCUT2D eigenvalue weighted by atomic mass is 19.1. The Bertz CT molecular complexity index is 922. The molecular weight excluding hydrogens is 409 g/mol. The van der Waals surface area contributed by atoms with Gasteiger partial charge in [-0.25, -0.2) is 4.39 Å². The maximum atomic E-state index is 13.5. The van der Waals surface area contributed by atoms with Crippen LogP contribution in [0.4, 0.5) is 4.39 Å². The molecule has 32 heavy (non-hydrogen) atoms. The van der Waals surface area contributed by atoms with Crippen molar-refractivity contribution in [2.75, 3.05) is 19.6 Å². The number of benzene rings is 1. The fourth-order valence-corrected chi connectivity index (χ4v) is 5.66. The van der Waals surface area contributed by atoms with E-state index in [-0.39, 0.29) is 41.2 Å². The van der Waals surface area contributed by atoms with Gasteiger partial charge < -0.3 is 15.5 Å². The van der Waals surface area contributed by atoms with Gasteiger partial charge in [-0.05, 0) is 42.4 Å². The summed E-state index contributed by atoms with van der Waals surface area (Å²) in [6.07, 6.45) is 2.21. The SMILES string of the molecule is CC(C)(C)[C@H](c1ccc(F)cc1)N1C(=O)[C@H]2C[C@@H]1CN2C[C@H](N)C(=O)N1CCC[C@H]1C#N. The molecule has 4 rings (SSSR count). The molecule has 3 saturated heterocycles. The Morgan fingerprint density at radius 1 is 1.31 bits per heavy atom. The Morgan fingerprint density at radius 3 is 2.59 bits per heavy atom. The van der Waals surface area contributed by atoms with Gasteiger partial charge in [0.25, 0.3) is 0 Å². The van der Waals surface area contributed by atoms with Crippen LogP contribution in [0.1, 0.15) is 51.6 Å². The van der Waals surface area contributed by atoms with Crippen molar-refractivity contribution in [1.29, 1.82) is 5.26 Å². The predicted molar refractivity (Wildman–Crippen MR) is 118 cm³/mol. The number of nitriles is 1. The lowest BCUT2D eigenvalue weighted by Gasteiger charge is -2.45. The van der Waals surface area contributed by atoms with Crippen molar-refractivity contribution in [2.24, 2.45) is 11.1 Å². The van der Waals surface area contributed by atoms with Gasteiger partial charge in [0, 0.05) is 25.7 Å². The fraction of sp³-hybridized carbons (Fsp3) is 0.625. The molecule has 0 spiro atoms. The third kappa shape index (κ3) is 4.00. The molecule has 172 valence electrons. The van der Waals surface area contributed by atoms with Crippen molar-refractivity contribution in [3.05, 3.63) is 35.6 Å². The first-order valence-electron chi connectivity index (χ1n) is 11.4. The van der Waals surface area contributed by atoms with Crippen molar-refractivity contribution >= 4 is 11.8 Å². The monoisotopic (exact) mass is 441 g/mol. The molecule has 7 nitrogen and oxygen atoms in total. The molecule has 2 N–H and O–H groups in total. The zero-order valence-electron chi connectivity index (χ0n) is 19.0. The molecule has 5 atom stereocenters. The van der Waals surface area contributed by atoms with Crippen molar-refractivity contribution in [1.82, 2.24) is 14.7 Å². The third-order valence-corrected chi connectivity index (χ3v) is 7.03. The number of halogens is 1. The minimum atomic E-state index is -0.750. The average Bonchev–Trinajstić information content (AvgIpc) is 3.44. The van der Waals surface area contributed by atoms with E-state index in [0.29, 0.717) is 32.5 Å². The van der Waals surface area contributed by atoms with Crippen LogP contribution in [0.15, 0.2) is 24.3 Å². The number of fused-ring (bicyclic) bond motifs is 2. The van der Waals surface area contributed by atoms with Crippen LogP contribution in [0, 0.1) is 22.6 Å². The highest BCUT2D eigenvalue weighted by Gasteiger charge is 2.54. The van der Waals surface area contributed by atoms with Crippen molar-refractivity contribution in [3.63, 3.8) is 0 Å². The molecule has 3 aliphatic heterocycles. The van der Waals surface area contributed by atoms with E-state index < -0.39 is 12.1 Å². The highest BCUT2D eigenvalue weighted by Crippen LogP contribution is 2.45. The van der Waals surface area contributed by atoms with E-state index in [1.54, 1.807) is 17.0 Å². The van der Waals surface area contributed by atoms with Gasteiger partial charge >= 0.3 is 0 Å². The number of carbonyl (C=O) groups is 2. The largest absolute Gasteiger partial charge is 0.329 e. The van der Waals surface area contributed by atoms with Crippen LogP contribution in [0.25, 0.3) is 0 Å². The molecule has 8 heteroatoms. The van der Waals surface area contributed by atoms with Gasteiger partial charge in [-0.1, -0.05) is 32.9 Å². The number of nitrogens with two attached hydrogens (primary N) is 1. The molecule has 2 bridgehead atoms. The molecule has 1 aromatic carbocycles. The molecule has 2 amide bonds. The van der Waals surface area contributed by atoms with Crippen molar-refractivity contribution in [3.8, 4) is 6.07 Å². The van der Waals surface area contributed by atoms with Gasteiger partial charge in [-0.3, -0.25) is 14.5 Å². The average molecular weight is 442 g/mol. The summed E-state index contributed by atoms with van der Waals surface area (Å²) in [6.45, 7) is 7.81. The van der Waals surface area contributed by atoms with Crippen molar-refractivity contribution < 1.29 is 14.0 Å². The predicted octanol–water partition coefficient (Wildman–Crippen LogP) is 2.04. The maximum absolute atomic E-state index is 13.5.